The van der Waals surface area contributed by atoms with Gasteiger partial charge in [0.05, 0.1) is 11.8 Å². The summed E-state index contributed by atoms with van der Waals surface area (Å²) in [6, 6.07) is 15.3. The van der Waals surface area contributed by atoms with Crippen molar-refractivity contribution in [2.75, 3.05) is 11.9 Å². The van der Waals surface area contributed by atoms with Crippen molar-refractivity contribution in [1.29, 1.82) is 0 Å². The minimum atomic E-state index is -0.638. The Morgan fingerprint density at radius 2 is 1.74 bits per heavy atom. The van der Waals surface area contributed by atoms with Crippen LogP contribution >= 0.6 is 0 Å². The van der Waals surface area contributed by atoms with E-state index in [9.17, 15) is 14.4 Å². The Bertz CT molecular complexity index is 1050. The lowest BCUT2D eigenvalue weighted by Gasteiger charge is -2.10. The molecule has 3 aromatic rings. The Balaban J connectivity index is 1.60. The Hall–Kier alpha value is -3.67. The van der Waals surface area contributed by atoms with Crippen molar-refractivity contribution in [1.82, 2.24) is 0 Å². The number of carbonyl (C=O) groups excluding carboxylic acids is 3. The van der Waals surface area contributed by atoms with Gasteiger partial charge < -0.3 is 14.5 Å². The number of hydrogen-bond donors (Lipinski definition) is 1. The predicted molar refractivity (Wildman–Crippen MR) is 118 cm³/mol. The minimum absolute atomic E-state index is 0.165. The van der Waals surface area contributed by atoms with E-state index in [1.807, 2.05) is 12.1 Å². The molecule has 0 aliphatic heterocycles. The first-order valence-corrected chi connectivity index (χ1v) is 10.2. The van der Waals surface area contributed by atoms with E-state index in [0.717, 1.165) is 24.8 Å². The summed E-state index contributed by atoms with van der Waals surface area (Å²) in [7, 11) is 0. The molecule has 0 atom stereocenters. The van der Waals surface area contributed by atoms with Crippen LogP contribution in [-0.2, 0) is 11.2 Å². The fourth-order valence-electron chi connectivity index (χ4n) is 3.01. The summed E-state index contributed by atoms with van der Waals surface area (Å²) in [6.45, 7) is 3.59. The predicted octanol–water partition coefficient (Wildman–Crippen LogP) is 5.22. The normalized spacial score (nSPS) is 10.5. The standard InChI is InChI=1S/C25H25NO5/c1-3-4-6-18-9-12-19(13-10-18)22(27)16-31-25(29)20-11-8-17(2)21(15-20)26-24(28)23-7-5-14-30-23/h5,7-15H,3-4,6,16H2,1-2H3,(H,26,28). The van der Waals surface area contributed by atoms with Crippen LogP contribution < -0.4 is 5.32 Å². The first kappa shape index (κ1) is 22.0. The van der Waals surface area contributed by atoms with Gasteiger partial charge in [0.15, 0.2) is 18.2 Å². The highest BCUT2D eigenvalue weighted by Gasteiger charge is 2.15. The van der Waals surface area contributed by atoms with E-state index in [1.54, 1.807) is 43.3 Å². The molecule has 160 valence electrons. The van der Waals surface area contributed by atoms with Crippen molar-refractivity contribution in [3.05, 3.63) is 88.9 Å². The number of carbonyl (C=O) groups is 3. The summed E-state index contributed by atoms with van der Waals surface area (Å²) in [4.78, 5) is 37.0. The number of esters is 1. The second-order valence-electron chi connectivity index (χ2n) is 7.26. The van der Waals surface area contributed by atoms with Crippen LogP contribution in [0.25, 0.3) is 0 Å². The Labute approximate surface area is 181 Å². The monoisotopic (exact) mass is 419 g/mol. The van der Waals surface area contributed by atoms with Crippen molar-refractivity contribution < 1.29 is 23.5 Å². The number of benzene rings is 2. The van der Waals surface area contributed by atoms with Crippen LogP contribution in [-0.4, -0.2) is 24.3 Å². The van der Waals surface area contributed by atoms with Crippen LogP contribution in [0.15, 0.2) is 65.3 Å². The first-order valence-electron chi connectivity index (χ1n) is 10.2. The number of furan rings is 1. The largest absolute Gasteiger partial charge is 0.459 e. The van der Waals surface area contributed by atoms with Gasteiger partial charge in [0.2, 0.25) is 0 Å². The van der Waals surface area contributed by atoms with Crippen LogP contribution in [0, 0.1) is 6.92 Å². The van der Waals surface area contributed by atoms with E-state index in [4.69, 9.17) is 9.15 Å². The van der Waals surface area contributed by atoms with Gasteiger partial charge in [-0.05, 0) is 55.2 Å². The highest BCUT2D eigenvalue weighted by atomic mass is 16.5. The number of ether oxygens (including phenoxy) is 1. The topological polar surface area (TPSA) is 85.6 Å². The van der Waals surface area contributed by atoms with E-state index < -0.39 is 11.9 Å². The average Bonchev–Trinajstić information content (AvgIpc) is 3.33. The summed E-state index contributed by atoms with van der Waals surface area (Å²) < 4.78 is 10.3. The minimum Gasteiger partial charge on any atom is -0.459 e. The average molecular weight is 419 g/mol. The molecule has 1 aromatic heterocycles. The molecule has 6 heteroatoms. The van der Waals surface area contributed by atoms with Crippen molar-refractivity contribution >= 4 is 23.3 Å². The van der Waals surface area contributed by atoms with E-state index in [-0.39, 0.29) is 23.7 Å². The fraction of sp³-hybridized carbons (Fsp3) is 0.240. The molecule has 0 saturated heterocycles. The molecule has 3 rings (SSSR count). The highest BCUT2D eigenvalue weighted by molar-refractivity contribution is 6.04. The Kier molecular flexibility index (Phi) is 7.38. The van der Waals surface area contributed by atoms with Gasteiger partial charge in [0.1, 0.15) is 0 Å². The van der Waals surface area contributed by atoms with Gasteiger partial charge in [-0.2, -0.15) is 0 Å². The van der Waals surface area contributed by atoms with Gasteiger partial charge in [0.25, 0.3) is 5.91 Å². The summed E-state index contributed by atoms with van der Waals surface area (Å²) in [5.74, 6) is -1.16. The van der Waals surface area contributed by atoms with Gasteiger partial charge in [-0.3, -0.25) is 9.59 Å². The molecule has 6 nitrogen and oxygen atoms in total. The SMILES string of the molecule is CCCCc1ccc(C(=O)COC(=O)c2ccc(C)c(NC(=O)c3ccco3)c2)cc1. The molecule has 1 heterocycles. The lowest BCUT2D eigenvalue weighted by Crippen LogP contribution is -2.16. The third-order valence-corrected chi connectivity index (χ3v) is 4.90. The molecule has 0 radical (unpaired) electrons. The summed E-state index contributed by atoms with van der Waals surface area (Å²) >= 11 is 0. The van der Waals surface area contributed by atoms with E-state index in [1.165, 1.54) is 17.9 Å². The maximum absolute atomic E-state index is 12.4. The number of anilines is 1. The van der Waals surface area contributed by atoms with Crippen LogP contribution in [0.3, 0.4) is 0 Å². The van der Waals surface area contributed by atoms with Gasteiger partial charge in [-0.15, -0.1) is 0 Å². The van der Waals surface area contributed by atoms with E-state index >= 15 is 0 Å². The number of ketones is 1. The zero-order valence-corrected chi connectivity index (χ0v) is 17.6. The number of Topliss-reactive ketones (excluding diaryl/α,β-unsaturated/α-hetero) is 1. The molecule has 1 amide bonds. The third kappa shape index (κ3) is 5.92. The molecule has 0 bridgehead atoms. The molecule has 1 N–H and O–H groups in total. The molecule has 0 unspecified atom stereocenters. The lowest BCUT2D eigenvalue weighted by atomic mass is 10.0. The smallest absolute Gasteiger partial charge is 0.338 e. The summed E-state index contributed by atoms with van der Waals surface area (Å²) in [6.07, 6.45) is 4.60. The zero-order chi connectivity index (χ0) is 22.2. The van der Waals surface area contributed by atoms with Crippen LogP contribution in [0.5, 0.6) is 0 Å². The number of unbranched alkanes of at least 4 members (excludes halogenated alkanes) is 1. The molecule has 0 aliphatic rings. The molecular weight excluding hydrogens is 394 g/mol. The van der Waals surface area contributed by atoms with Crippen molar-refractivity contribution in [3.63, 3.8) is 0 Å². The molecular formula is C25H25NO5. The quantitative estimate of drug-likeness (QED) is 0.379. The second kappa shape index (κ2) is 10.4. The zero-order valence-electron chi connectivity index (χ0n) is 17.6. The molecule has 0 fully saturated rings. The number of aryl methyl sites for hydroxylation is 2. The number of amides is 1. The highest BCUT2D eigenvalue weighted by Crippen LogP contribution is 2.19. The van der Waals surface area contributed by atoms with Crippen LogP contribution in [0.4, 0.5) is 5.69 Å². The van der Waals surface area contributed by atoms with E-state index in [2.05, 4.69) is 12.2 Å². The second-order valence-corrected chi connectivity index (χ2v) is 7.26. The van der Waals surface area contributed by atoms with Gasteiger partial charge >= 0.3 is 5.97 Å². The van der Waals surface area contributed by atoms with Gasteiger partial charge in [-0.1, -0.05) is 43.7 Å². The first-order chi connectivity index (χ1) is 15.0. The van der Waals surface area contributed by atoms with Gasteiger partial charge in [-0.25, -0.2) is 4.79 Å². The van der Waals surface area contributed by atoms with E-state index in [0.29, 0.717) is 11.3 Å². The van der Waals surface area contributed by atoms with Gasteiger partial charge in [0, 0.05) is 11.3 Å². The van der Waals surface area contributed by atoms with Crippen LogP contribution in [0.1, 0.15) is 62.2 Å². The molecule has 0 aliphatic carbocycles. The maximum Gasteiger partial charge on any atom is 0.338 e. The summed E-state index contributed by atoms with van der Waals surface area (Å²) in [5.41, 5.74) is 3.16. The number of hydrogen-bond acceptors (Lipinski definition) is 5. The fourth-order valence-corrected chi connectivity index (χ4v) is 3.01. The van der Waals surface area contributed by atoms with Crippen LogP contribution in [0.2, 0.25) is 0 Å². The van der Waals surface area contributed by atoms with Crippen molar-refractivity contribution in [2.45, 2.75) is 33.1 Å². The van der Waals surface area contributed by atoms with Crippen molar-refractivity contribution in [3.8, 4) is 0 Å². The Morgan fingerprint density at radius 1 is 1.00 bits per heavy atom. The number of nitrogens with one attached hydrogen (secondary N) is 1. The maximum atomic E-state index is 12.4. The van der Waals surface area contributed by atoms with Crippen molar-refractivity contribution in [2.24, 2.45) is 0 Å². The Morgan fingerprint density at radius 3 is 2.42 bits per heavy atom. The summed E-state index contributed by atoms with van der Waals surface area (Å²) in [5, 5.41) is 2.71. The molecule has 31 heavy (non-hydrogen) atoms. The molecule has 2 aromatic carbocycles. The number of rotatable bonds is 9. The molecule has 0 saturated carbocycles. The lowest BCUT2D eigenvalue weighted by molar-refractivity contribution is 0.0474. The molecule has 0 spiro atoms. The third-order valence-electron chi connectivity index (χ3n) is 4.90.